The summed E-state index contributed by atoms with van der Waals surface area (Å²) in [6.45, 7) is 3.95. The molecule has 100 valence electrons. The van der Waals surface area contributed by atoms with Crippen LogP contribution in [0.4, 0.5) is 0 Å². The Morgan fingerprint density at radius 2 is 1.79 bits per heavy atom. The van der Waals surface area contributed by atoms with Crippen molar-refractivity contribution in [3.63, 3.8) is 0 Å². The summed E-state index contributed by atoms with van der Waals surface area (Å²) in [5.41, 5.74) is 1.26. The molecule has 1 aromatic heterocycles. The lowest BCUT2D eigenvalue weighted by atomic mass is 10.0. The summed E-state index contributed by atoms with van der Waals surface area (Å²) in [6.07, 6.45) is 0. The van der Waals surface area contributed by atoms with Gasteiger partial charge in [-0.2, -0.15) is 0 Å². The van der Waals surface area contributed by atoms with E-state index in [2.05, 4.69) is 0 Å². The second kappa shape index (κ2) is 5.45. The van der Waals surface area contributed by atoms with Crippen LogP contribution in [0.15, 0.2) is 24.3 Å². The Morgan fingerprint density at radius 3 is 2.32 bits per heavy atom. The molecule has 0 amide bonds. The first kappa shape index (κ1) is 13.6. The van der Waals surface area contributed by atoms with Crippen LogP contribution in [0.1, 0.15) is 25.7 Å². The Morgan fingerprint density at radius 1 is 1.05 bits per heavy atom. The second-order valence-electron chi connectivity index (χ2n) is 4.22. The Labute approximate surface area is 116 Å². The third-order valence-electron chi connectivity index (χ3n) is 2.94. The molecule has 0 saturated heterocycles. The number of hydrogen-bond acceptors (Lipinski definition) is 4. The molecule has 0 N–H and O–H groups in total. The first-order valence-corrected chi connectivity index (χ1v) is 6.72. The minimum atomic E-state index is -0.0300. The first-order chi connectivity index (χ1) is 9.06. The van der Waals surface area contributed by atoms with Crippen molar-refractivity contribution in [2.75, 3.05) is 14.2 Å². The molecule has 4 heteroatoms. The van der Waals surface area contributed by atoms with Crippen molar-refractivity contribution in [3.8, 4) is 11.5 Å². The van der Waals surface area contributed by atoms with Gasteiger partial charge in [-0.05, 0) is 38.1 Å². The van der Waals surface area contributed by atoms with Crippen LogP contribution in [-0.4, -0.2) is 20.0 Å². The SMILES string of the molecule is COc1ccc(OC)c(C(=O)c2cc(C)sc2C)c1. The number of thiophene rings is 1. The topological polar surface area (TPSA) is 35.5 Å². The Kier molecular flexibility index (Phi) is 3.90. The molecular formula is C15H16O3S. The highest BCUT2D eigenvalue weighted by Crippen LogP contribution is 2.29. The number of ketones is 1. The van der Waals surface area contributed by atoms with Crippen LogP contribution in [0.25, 0.3) is 0 Å². The van der Waals surface area contributed by atoms with Crippen LogP contribution in [0, 0.1) is 13.8 Å². The molecule has 0 aliphatic carbocycles. The normalized spacial score (nSPS) is 10.3. The van der Waals surface area contributed by atoms with Crippen LogP contribution in [-0.2, 0) is 0 Å². The standard InChI is InChI=1S/C15H16O3S/c1-9-7-12(10(2)19-9)15(16)13-8-11(17-3)5-6-14(13)18-4/h5-8H,1-4H3. The van der Waals surface area contributed by atoms with E-state index < -0.39 is 0 Å². The van der Waals surface area contributed by atoms with Gasteiger partial charge in [0.1, 0.15) is 11.5 Å². The highest BCUT2D eigenvalue weighted by atomic mass is 32.1. The number of rotatable bonds is 4. The number of ether oxygens (including phenoxy) is 2. The molecule has 0 aliphatic rings. The molecule has 0 unspecified atom stereocenters. The van der Waals surface area contributed by atoms with Crippen LogP contribution in [0.2, 0.25) is 0 Å². The number of carbonyl (C=O) groups is 1. The predicted octanol–water partition coefficient (Wildman–Crippen LogP) is 3.61. The van der Waals surface area contributed by atoms with Gasteiger partial charge in [0, 0.05) is 15.3 Å². The molecule has 19 heavy (non-hydrogen) atoms. The lowest BCUT2D eigenvalue weighted by molar-refractivity contribution is 0.103. The fourth-order valence-corrected chi connectivity index (χ4v) is 2.91. The molecule has 1 heterocycles. The summed E-state index contributed by atoms with van der Waals surface area (Å²) < 4.78 is 10.4. The van der Waals surface area contributed by atoms with Crippen molar-refractivity contribution in [1.29, 1.82) is 0 Å². The van der Waals surface area contributed by atoms with Crippen LogP contribution < -0.4 is 9.47 Å². The molecule has 0 spiro atoms. The fraction of sp³-hybridized carbons (Fsp3) is 0.267. The minimum absolute atomic E-state index is 0.0300. The molecule has 2 aromatic rings. The van der Waals surface area contributed by atoms with Gasteiger partial charge in [-0.3, -0.25) is 4.79 Å². The average Bonchev–Trinajstić information content (AvgIpc) is 2.76. The summed E-state index contributed by atoms with van der Waals surface area (Å²) in [4.78, 5) is 14.7. The smallest absolute Gasteiger partial charge is 0.198 e. The molecular weight excluding hydrogens is 260 g/mol. The maximum atomic E-state index is 12.6. The van der Waals surface area contributed by atoms with Crippen molar-refractivity contribution in [2.45, 2.75) is 13.8 Å². The van der Waals surface area contributed by atoms with Gasteiger partial charge in [-0.25, -0.2) is 0 Å². The third kappa shape index (κ3) is 2.63. The molecule has 1 aromatic carbocycles. The van der Waals surface area contributed by atoms with Gasteiger partial charge < -0.3 is 9.47 Å². The Bertz CT molecular complexity index is 614. The number of benzene rings is 1. The van der Waals surface area contributed by atoms with E-state index in [1.807, 2.05) is 19.9 Å². The van der Waals surface area contributed by atoms with E-state index in [0.717, 1.165) is 15.3 Å². The molecule has 0 saturated carbocycles. The maximum absolute atomic E-state index is 12.6. The fourth-order valence-electron chi connectivity index (χ4n) is 1.99. The number of methoxy groups -OCH3 is 2. The van der Waals surface area contributed by atoms with E-state index in [-0.39, 0.29) is 5.78 Å². The van der Waals surface area contributed by atoms with Gasteiger partial charge in [0.25, 0.3) is 0 Å². The Balaban J connectivity index is 2.51. The van der Waals surface area contributed by atoms with Crippen molar-refractivity contribution in [3.05, 3.63) is 45.1 Å². The molecule has 0 fully saturated rings. The molecule has 0 radical (unpaired) electrons. The molecule has 0 atom stereocenters. The zero-order chi connectivity index (χ0) is 14.0. The summed E-state index contributed by atoms with van der Waals surface area (Å²) in [6, 6.07) is 7.16. The molecule has 0 bridgehead atoms. The molecule has 3 nitrogen and oxygen atoms in total. The lowest BCUT2D eigenvalue weighted by Gasteiger charge is -2.09. The lowest BCUT2D eigenvalue weighted by Crippen LogP contribution is -2.04. The van der Waals surface area contributed by atoms with Gasteiger partial charge in [-0.1, -0.05) is 0 Å². The van der Waals surface area contributed by atoms with Gasteiger partial charge in [-0.15, -0.1) is 11.3 Å². The third-order valence-corrected chi connectivity index (χ3v) is 3.90. The summed E-state index contributed by atoms with van der Waals surface area (Å²) in [5.74, 6) is 1.18. The predicted molar refractivity (Wildman–Crippen MR) is 76.8 cm³/mol. The molecule has 2 rings (SSSR count). The van der Waals surface area contributed by atoms with E-state index in [4.69, 9.17) is 9.47 Å². The zero-order valence-electron chi connectivity index (χ0n) is 11.4. The first-order valence-electron chi connectivity index (χ1n) is 5.90. The summed E-state index contributed by atoms with van der Waals surface area (Å²) in [5, 5.41) is 0. The number of hydrogen-bond donors (Lipinski definition) is 0. The second-order valence-corrected chi connectivity index (χ2v) is 5.68. The minimum Gasteiger partial charge on any atom is -0.497 e. The highest BCUT2D eigenvalue weighted by molar-refractivity contribution is 7.12. The monoisotopic (exact) mass is 276 g/mol. The van der Waals surface area contributed by atoms with Gasteiger partial charge >= 0.3 is 0 Å². The van der Waals surface area contributed by atoms with E-state index in [1.54, 1.807) is 43.8 Å². The highest BCUT2D eigenvalue weighted by Gasteiger charge is 2.18. The van der Waals surface area contributed by atoms with Gasteiger partial charge in [0.15, 0.2) is 5.78 Å². The van der Waals surface area contributed by atoms with Gasteiger partial charge in [0.05, 0.1) is 19.8 Å². The van der Waals surface area contributed by atoms with Gasteiger partial charge in [0.2, 0.25) is 0 Å². The van der Waals surface area contributed by atoms with E-state index in [9.17, 15) is 4.79 Å². The average molecular weight is 276 g/mol. The van der Waals surface area contributed by atoms with E-state index >= 15 is 0 Å². The molecule has 0 aliphatic heterocycles. The van der Waals surface area contributed by atoms with Crippen LogP contribution in [0.3, 0.4) is 0 Å². The van der Waals surface area contributed by atoms with E-state index in [1.165, 1.54) is 0 Å². The van der Waals surface area contributed by atoms with Crippen LogP contribution >= 0.6 is 11.3 Å². The largest absolute Gasteiger partial charge is 0.497 e. The zero-order valence-corrected chi connectivity index (χ0v) is 12.3. The Hall–Kier alpha value is -1.81. The van der Waals surface area contributed by atoms with Crippen LogP contribution in [0.5, 0.6) is 11.5 Å². The van der Waals surface area contributed by atoms with Crippen molar-refractivity contribution >= 4 is 17.1 Å². The van der Waals surface area contributed by atoms with Crippen molar-refractivity contribution < 1.29 is 14.3 Å². The summed E-state index contributed by atoms with van der Waals surface area (Å²) in [7, 11) is 3.14. The van der Waals surface area contributed by atoms with Crippen molar-refractivity contribution in [2.24, 2.45) is 0 Å². The number of aryl methyl sites for hydroxylation is 2. The maximum Gasteiger partial charge on any atom is 0.198 e. The van der Waals surface area contributed by atoms with Crippen molar-refractivity contribution in [1.82, 2.24) is 0 Å². The number of carbonyl (C=O) groups excluding carboxylic acids is 1. The summed E-state index contributed by atoms with van der Waals surface area (Å²) >= 11 is 1.62. The quantitative estimate of drug-likeness (QED) is 0.800. The van der Waals surface area contributed by atoms with E-state index in [0.29, 0.717) is 17.1 Å².